The molecule has 84 valence electrons. The number of thiazole rings is 1. The van der Waals surface area contributed by atoms with Crippen LogP contribution in [0.3, 0.4) is 0 Å². The second-order valence-corrected chi connectivity index (χ2v) is 4.28. The summed E-state index contributed by atoms with van der Waals surface area (Å²) < 4.78 is 1.25. The van der Waals surface area contributed by atoms with Crippen molar-refractivity contribution in [2.24, 2.45) is 0 Å². The van der Waals surface area contributed by atoms with Crippen molar-refractivity contribution in [1.29, 1.82) is 0 Å². The number of aryl methyl sites for hydroxylation is 1. The summed E-state index contributed by atoms with van der Waals surface area (Å²) in [5, 5.41) is 22.5. The van der Waals surface area contributed by atoms with Crippen molar-refractivity contribution in [3.05, 3.63) is 10.4 Å². The van der Waals surface area contributed by atoms with Gasteiger partial charge in [0, 0.05) is 5.38 Å². The molecule has 2 rings (SSSR count). The van der Waals surface area contributed by atoms with Crippen molar-refractivity contribution in [3.63, 3.8) is 0 Å². The summed E-state index contributed by atoms with van der Waals surface area (Å²) in [5.74, 6) is -0.611. The van der Waals surface area contributed by atoms with Crippen molar-refractivity contribution in [3.8, 4) is 11.5 Å². The van der Waals surface area contributed by atoms with Crippen LogP contribution >= 0.6 is 11.3 Å². The second kappa shape index (κ2) is 3.97. The zero-order chi connectivity index (χ0) is 11.7. The van der Waals surface area contributed by atoms with Gasteiger partial charge >= 0.3 is 5.97 Å². The van der Waals surface area contributed by atoms with E-state index in [1.54, 1.807) is 5.38 Å². The van der Waals surface area contributed by atoms with Crippen LogP contribution in [0.1, 0.15) is 18.0 Å². The molecule has 0 aliphatic carbocycles. The zero-order valence-electron chi connectivity index (χ0n) is 8.65. The maximum atomic E-state index is 10.9. The fourth-order valence-corrected chi connectivity index (χ4v) is 1.79. The number of hydrogen-bond donors (Lipinski definition) is 1. The Kier molecular flexibility index (Phi) is 2.65. The van der Waals surface area contributed by atoms with Crippen LogP contribution < -0.4 is 0 Å². The van der Waals surface area contributed by atoms with E-state index >= 15 is 0 Å². The van der Waals surface area contributed by atoms with Gasteiger partial charge < -0.3 is 5.11 Å². The van der Waals surface area contributed by atoms with Crippen LogP contribution in [0.2, 0.25) is 0 Å². The number of tetrazole rings is 1. The summed E-state index contributed by atoms with van der Waals surface area (Å²) in [6, 6.07) is -0.813. The molecule has 0 aliphatic rings. The zero-order valence-corrected chi connectivity index (χ0v) is 9.47. The van der Waals surface area contributed by atoms with Gasteiger partial charge in [0.15, 0.2) is 6.04 Å². The van der Waals surface area contributed by atoms with Gasteiger partial charge in [-0.1, -0.05) is 0 Å². The van der Waals surface area contributed by atoms with Crippen LogP contribution in [0, 0.1) is 6.92 Å². The van der Waals surface area contributed by atoms with Gasteiger partial charge in [-0.2, -0.15) is 0 Å². The highest BCUT2D eigenvalue weighted by atomic mass is 32.1. The number of rotatable bonds is 3. The number of hydrogen-bond acceptors (Lipinski definition) is 6. The summed E-state index contributed by atoms with van der Waals surface area (Å²) in [4.78, 5) is 15.1. The Balaban J connectivity index is 2.43. The molecule has 1 atom stereocenters. The minimum Gasteiger partial charge on any atom is -0.480 e. The van der Waals surface area contributed by atoms with Gasteiger partial charge in [-0.3, -0.25) is 0 Å². The first-order valence-corrected chi connectivity index (χ1v) is 5.40. The quantitative estimate of drug-likeness (QED) is 0.849. The standard InChI is InChI=1S/C8H9N5O2S/c1-4(8(14)15)13-7(10-11-12-13)6-3-16-5(2)9-6/h3-4H,1-2H3,(H,14,15). The number of carbonyl (C=O) groups is 1. The summed E-state index contributed by atoms with van der Waals surface area (Å²) >= 11 is 1.46. The maximum absolute atomic E-state index is 10.9. The third-order valence-corrected chi connectivity index (χ3v) is 2.84. The minimum absolute atomic E-state index is 0.374. The van der Waals surface area contributed by atoms with Crippen LogP contribution in [0.15, 0.2) is 5.38 Å². The molecule has 16 heavy (non-hydrogen) atoms. The van der Waals surface area contributed by atoms with Crippen molar-refractivity contribution in [2.45, 2.75) is 19.9 Å². The molecule has 0 saturated carbocycles. The second-order valence-electron chi connectivity index (χ2n) is 3.21. The molecule has 0 aromatic carbocycles. The Labute approximate surface area is 94.7 Å². The van der Waals surface area contributed by atoms with Gasteiger partial charge in [0.2, 0.25) is 5.82 Å². The molecule has 0 amide bonds. The molecule has 2 aromatic rings. The first-order valence-electron chi connectivity index (χ1n) is 4.52. The lowest BCUT2D eigenvalue weighted by Crippen LogP contribution is -2.18. The van der Waals surface area contributed by atoms with E-state index in [0.717, 1.165) is 5.01 Å². The first-order chi connectivity index (χ1) is 7.59. The summed E-state index contributed by atoms with van der Waals surface area (Å²) in [5.41, 5.74) is 0.598. The molecule has 0 fully saturated rings. The number of carboxylic acid groups (broad SMARTS) is 1. The van der Waals surface area contributed by atoms with E-state index in [4.69, 9.17) is 5.11 Å². The van der Waals surface area contributed by atoms with E-state index < -0.39 is 12.0 Å². The average Bonchev–Trinajstić information content (AvgIpc) is 2.83. The summed E-state index contributed by atoms with van der Waals surface area (Å²) in [6.07, 6.45) is 0. The van der Waals surface area contributed by atoms with Crippen LogP contribution in [0.5, 0.6) is 0 Å². The molecule has 1 N–H and O–H groups in total. The van der Waals surface area contributed by atoms with Gasteiger partial charge in [-0.15, -0.1) is 16.4 Å². The third kappa shape index (κ3) is 1.78. The van der Waals surface area contributed by atoms with Crippen molar-refractivity contribution in [1.82, 2.24) is 25.2 Å². The fourth-order valence-electron chi connectivity index (χ4n) is 1.19. The Bertz CT molecular complexity index is 520. The van der Waals surface area contributed by atoms with Gasteiger partial charge in [0.1, 0.15) is 5.69 Å². The van der Waals surface area contributed by atoms with Crippen LogP contribution in [0.25, 0.3) is 11.5 Å². The molecule has 2 aromatic heterocycles. The highest BCUT2D eigenvalue weighted by Gasteiger charge is 2.21. The molecule has 0 bridgehead atoms. The lowest BCUT2D eigenvalue weighted by molar-refractivity contribution is -0.140. The number of nitrogens with zero attached hydrogens (tertiary/aromatic N) is 5. The first kappa shape index (κ1) is 10.7. The van der Waals surface area contributed by atoms with E-state index in [1.165, 1.54) is 22.9 Å². The predicted octanol–water partition coefficient (Wildman–Crippen LogP) is 0.751. The fraction of sp³-hybridized carbons (Fsp3) is 0.375. The average molecular weight is 239 g/mol. The Hall–Kier alpha value is -1.83. The van der Waals surface area contributed by atoms with Crippen molar-refractivity contribution < 1.29 is 9.90 Å². The highest BCUT2D eigenvalue weighted by molar-refractivity contribution is 7.09. The minimum atomic E-state index is -0.986. The topological polar surface area (TPSA) is 93.8 Å². The molecule has 0 radical (unpaired) electrons. The van der Waals surface area contributed by atoms with Crippen LogP contribution in [-0.2, 0) is 4.79 Å². The summed E-state index contributed by atoms with van der Waals surface area (Å²) in [7, 11) is 0. The van der Waals surface area contributed by atoms with Crippen molar-refractivity contribution >= 4 is 17.3 Å². The van der Waals surface area contributed by atoms with Gasteiger partial charge in [0.05, 0.1) is 5.01 Å². The molecule has 7 nitrogen and oxygen atoms in total. The molecular weight excluding hydrogens is 230 g/mol. The van der Waals surface area contributed by atoms with E-state index in [1.807, 2.05) is 6.92 Å². The lowest BCUT2D eigenvalue weighted by atomic mass is 10.3. The van der Waals surface area contributed by atoms with Gasteiger partial charge in [-0.25, -0.2) is 14.5 Å². The lowest BCUT2D eigenvalue weighted by Gasteiger charge is -2.06. The van der Waals surface area contributed by atoms with Gasteiger partial charge in [-0.05, 0) is 24.3 Å². The Morgan fingerprint density at radius 3 is 2.94 bits per heavy atom. The molecule has 0 aliphatic heterocycles. The predicted molar refractivity (Wildman–Crippen MR) is 56.0 cm³/mol. The monoisotopic (exact) mass is 239 g/mol. The van der Waals surface area contributed by atoms with Gasteiger partial charge in [0.25, 0.3) is 0 Å². The van der Waals surface area contributed by atoms with E-state index in [0.29, 0.717) is 11.5 Å². The summed E-state index contributed by atoms with van der Waals surface area (Å²) in [6.45, 7) is 3.38. The Morgan fingerprint density at radius 2 is 2.38 bits per heavy atom. The molecule has 8 heteroatoms. The number of aliphatic carboxylic acids is 1. The number of carboxylic acids is 1. The maximum Gasteiger partial charge on any atom is 0.328 e. The van der Waals surface area contributed by atoms with Crippen LogP contribution in [-0.4, -0.2) is 36.3 Å². The van der Waals surface area contributed by atoms with Crippen molar-refractivity contribution in [2.75, 3.05) is 0 Å². The molecular formula is C8H9N5O2S. The van der Waals surface area contributed by atoms with E-state index in [-0.39, 0.29) is 0 Å². The largest absolute Gasteiger partial charge is 0.480 e. The molecule has 0 spiro atoms. The molecule has 2 heterocycles. The normalized spacial score (nSPS) is 12.6. The number of aromatic nitrogens is 5. The molecule has 1 unspecified atom stereocenters. The molecule has 0 saturated heterocycles. The SMILES string of the molecule is Cc1nc(-c2nnnn2C(C)C(=O)O)cs1. The smallest absolute Gasteiger partial charge is 0.328 e. The Morgan fingerprint density at radius 1 is 1.62 bits per heavy atom. The van der Waals surface area contributed by atoms with Crippen LogP contribution in [0.4, 0.5) is 0 Å². The van der Waals surface area contributed by atoms with E-state index in [9.17, 15) is 4.79 Å². The van der Waals surface area contributed by atoms with E-state index in [2.05, 4.69) is 20.5 Å². The third-order valence-electron chi connectivity index (χ3n) is 2.07. The highest BCUT2D eigenvalue weighted by Crippen LogP contribution is 2.20.